The van der Waals surface area contributed by atoms with Crippen molar-refractivity contribution in [3.05, 3.63) is 29.6 Å². The summed E-state index contributed by atoms with van der Waals surface area (Å²) in [5.41, 5.74) is 6.09. The summed E-state index contributed by atoms with van der Waals surface area (Å²) in [6, 6.07) is 2.17. The topological polar surface area (TPSA) is 116 Å². The average molecular weight is 504 g/mol. The number of amides is 4. The fourth-order valence-electron chi connectivity index (χ4n) is 5.19. The second-order valence-corrected chi connectivity index (χ2v) is 9.90. The quantitative estimate of drug-likeness (QED) is 0.595. The molecule has 3 aliphatic rings. The largest absolute Gasteiger partial charge is 0.491 e. The van der Waals surface area contributed by atoms with E-state index in [0.717, 1.165) is 18.9 Å². The van der Waals surface area contributed by atoms with Gasteiger partial charge in [0.2, 0.25) is 17.7 Å². The highest BCUT2D eigenvalue weighted by Gasteiger charge is 2.37. The number of ether oxygens (including phenoxy) is 1. The first-order valence-electron chi connectivity index (χ1n) is 12.4. The molecule has 2 fully saturated rings. The molecule has 0 unspecified atom stereocenters. The summed E-state index contributed by atoms with van der Waals surface area (Å²) in [5.74, 6) is -1.82. The van der Waals surface area contributed by atoms with Crippen LogP contribution in [0.1, 0.15) is 42.5 Å². The van der Waals surface area contributed by atoms with Crippen molar-refractivity contribution in [2.45, 2.75) is 50.2 Å². The van der Waals surface area contributed by atoms with Crippen LogP contribution in [0.2, 0.25) is 0 Å². The molecule has 0 saturated carbocycles. The van der Waals surface area contributed by atoms with Crippen LogP contribution in [0.3, 0.4) is 0 Å². The van der Waals surface area contributed by atoms with Gasteiger partial charge in [-0.05, 0) is 43.9 Å². The molecule has 10 nitrogen and oxygen atoms in total. The van der Waals surface area contributed by atoms with Gasteiger partial charge in [-0.3, -0.25) is 19.2 Å². The maximum absolute atomic E-state index is 14.2. The lowest BCUT2D eigenvalue weighted by atomic mass is 10.1. The highest BCUT2D eigenvalue weighted by atomic mass is 19.1. The molecule has 0 spiro atoms. The third kappa shape index (κ3) is 5.45. The molecule has 1 aromatic rings. The first kappa shape index (κ1) is 25.9. The van der Waals surface area contributed by atoms with Crippen molar-refractivity contribution in [3.8, 4) is 5.75 Å². The van der Waals surface area contributed by atoms with Gasteiger partial charge in [0.1, 0.15) is 24.2 Å². The predicted molar refractivity (Wildman–Crippen MR) is 129 cm³/mol. The highest BCUT2D eigenvalue weighted by Crippen LogP contribution is 2.26. The average Bonchev–Trinajstić information content (AvgIpc) is 3.51. The summed E-state index contributed by atoms with van der Waals surface area (Å²) in [4.78, 5) is 58.8. The van der Waals surface area contributed by atoms with Gasteiger partial charge in [-0.25, -0.2) is 4.39 Å². The third-order valence-electron chi connectivity index (χ3n) is 7.29. The summed E-state index contributed by atoms with van der Waals surface area (Å²) in [6.45, 7) is 1.45. The summed E-state index contributed by atoms with van der Waals surface area (Å²) in [7, 11) is 3.04. The Balaban J connectivity index is 1.68. The Hall–Kier alpha value is -3.21. The number of halogens is 1. The lowest BCUT2D eigenvalue weighted by molar-refractivity contribution is -0.141. The van der Waals surface area contributed by atoms with Crippen molar-refractivity contribution < 1.29 is 28.3 Å². The molecular weight excluding hydrogens is 469 g/mol. The molecule has 11 heteroatoms. The summed E-state index contributed by atoms with van der Waals surface area (Å²) >= 11 is 0. The van der Waals surface area contributed by atoms with Gasteiger partial charge in [0.05, 0.1) is 18.2 Å². The molecule has 36 heavy (non-hydrogen) atoms. The van der Waals surface area contributed by atoms with Crippen molar-refractivity contribution in [3.63, 3.8) is 0 Å². The zero-order chi connectivity index (χ0) is 26.0. The van der Waals surface area contributed by atoms with Gasteiger partial charge in [-0.15, -0.1) is 0 Å². The molecule has 4 amide bonds. The van der Waals surface area contributed by atoms with E-state index in [2.05, 4.69) is 0 Å². The van der Waals surface area contributed by atoms with Crippen LogP contribution in [-0.2, 0) is 14.4 Å². The Morgan fingerprint density at radius 3 is 2.56 bits per heavy atom. The fourth-order valence-corrected chi connectivity index (χ4v) is 5.19. The molecule has 2 N–H and O–H groups in total. The number of carbonyl (C=O) groups excluding carboxylic acids is 4. The van der Waals surface area contributed by atoms with Crippen LogP contribution >= 0.6 is 0 Å². The molecule has 0 aromatic heterocycles. The van der Waals surface area contributed by atoms with Crippen LogP contribution in [0.15, 0.2) is 18.2 Å². The van der Waals surface area contributed by atoms with E-state index in [1.807, 2.05) is 0 Å². The van der Waals surface area contributed by atoms with E-state index >= 15 is 0 Å². The molecular formula is C25H34FN5O5. The van der Waals surface area contributed by atoms with Crippen LogP contribution in [0, 0.1) is 5.82 Å². The number of hydrogen-bond acceptors (Lipinski definition) is 6. The Morgan fingerprint density at radius 1 is 1.11 bits per heavy atom. The zero-order valence-corrected chi connectivity index (χ0v) is 20.8. The fraction of sp³-hybridized carbons (Fsp3) is 0.600. The number of benzene rings is 1. The van der Waals surface area contributed by atoms with Crippen molar-refractivity contribution in [1.82, 2.24) is 19.6 Å². The van der Waals surface area contributed by atoms with E-state index in [-0.39, 0.29) is 67.1 Å². The lowest BCUT2D eigenvalue weighted by Crippen LogP contribution is -2.49. The highest BCUT2D eigenvalue weighted by molar-refractivity contribution is 5.99. The van der Waals surface area contributed by atoms with Gasteiger partial charge < -0.3 is 30.1 Å². The number of likely N-dealkylation sites (N-methyl/N-ethyl adjacent to an activating group) is 2. The molecule has 2 saturated heterocycles. The van der Waals surface area contributed by atoms with Crippen molar-refractivity contribution >= 4 is 23.6 Å². The molecule has 0 aliphatic carbocycles. The summed E-state index contributed by atoms with van der Waals surface area (Å²) < 4.78 is 20.2. The molecule has 4 rings (SSSR count). The number of nitrogens with zero attached hydrogens (tertiary/aromatic N) is 4. The smallest absolute Gasteiger partial charge is 0.258 e. The van der Waals surface area contributed by atoms with E-state index in [9.17, 15) is 23.6 Å². The van der Waals surface area contributed by atoms with Crippen LogP contribution in [0.5, 0.6) is 5.75 Å². The minimum atomic E-state index is -0.911. The molecule has 196 valence electrons. The first-order chi connectivity index (χ1) is 17.2. The second kappa shape index (κ2) is 10.8. The standard InChI is InChI=1S/C25H34FN5O5/c1-28-14-23(33)31-13-17(27)12-18(31)15-36-21-7-5-16(26)11-19(21)24(34)29(2)20(6-8-22(28)32)25(35)30-9-3-4-10-30/h5,7,11,17-18,20H,3-4,6,8-10,12-15,27H2,1-2H3/t17-,18-,20+/m0/s1. The van der Waals surface area contributed by atoms with Crippen molar-refractivity contribution in [2.24, 2.45) is 5.73 Å². The molecule has 0 bridgehead atoms. The van der Waals surface area contributed by atoms with Crippen LogP contribution in [-0.4, -0.2) is 108 Å². The predicted octanol–water partition coefficient (Wildman–Crippen LogP) is 0.448. The van der Waals surface area contributed by atoms with Crippen LogP contribution < -0.4 is 10.5 Å². The summed E-state index contributed by atoms with van der Waals surface area (Å²) in [5, 5.41) is 0. The van der Waals surface area contributed by atoms with Crippen LogP contribution in [0.4, 0.5) is 4.39 Å². The second-order valence-electron chi connectivity index (χ2n) is 9.90. The molecule has 3 heterocycles. The van der Waals surface area contributed by atoms with Gasteiger partial charge in [0.25, 0.3) is 5.91 Å². The minimum absolute atomic E-state index is 0.0183. The van der Waals surface area contributed by atoms with Gasteiger partial charge >= 0.3 is 0 Å². The van der Waals surface area contributed by atoms with Crippen molar-refractivity contribution in [2.75, 3.05) is 46.9 Å². The third-order valence-corrected chi connectivity index (χ3v) is 7.29. The van der Waals surface area contributed by atoms with Crippen LogP contribution in [0.25, 0.3) is 0 Å². The Kier molecular flexibility index (Phi) is 7.77. The van der Waals surface area contributed by atoms with Gasteiger partial charge in [0, 0.05) is 46.2 Å². The monoisotopic (exact) mass is 503 g/mol. The number of nitrogens with two attached hydrogens (primary N) is 1. The number of carbonyl (C=O) groups is 4. The van der Waals surface area contributed by atoms with E-state index < -0.39 is 17.8 Å². The van der Waals surface area contributed by atoms with E-state index in [0.29, 0.717) is 26.1 Å². The van der Waals surface area contributed by atoms with E-state index in [1.165, 1.54) is 29.0 Å². The SMILES string of the molecule is CN1CC(=O)N2C[C@@H](N)C[C@H]2COc2ccc(F)cc2C(=O)N(C)[C@@H](C(=O)N2CCCC2)CCC1=O. The van der Waals surface area contributed by atoms with Gasteiger partial charge in [-0.2, -0.15) is 0 Å². The Labute approximate surface area is 210 Å². The zero-order valence-electron chi connectivity index (χ0n) is 20.8. The normalized spacial score (nSPS) is 26.3. The number of hydrogen-bond donors (Lipinski definition) is 1. The maximum atomic E-state index is 14.2. The maximum Gasteiger partial charge on any atom is 0.258 e. The Bertz CT molecular complexity index is 1030. The minimum Gasteiger partial charge on any atom is -0.491 e. The Morgan fingerprint density at radius 2 is 1.83 bits per heavy atom. The summed E-state index contributed by atoms with van der Waals surface area (Å²) in [6.07, 6.45) is 2.31. The lowest BCUT2D eigenvalue weighted by Gasteiger charge is -2.31. The molecule has 1 aromatic carbocycles. The number of likely N-dealkylation sites (tertiary alicyclic amines) is 1. The van der Waals surface area contributed by atoms with Gasteiger partial charge in [0.15, 0.2) is 0 Å². The number of fused-ring (bicyclic) bond motifs is 2. The van der Waals surface area contributed by atoms with E-state index in [4.69, 9.17) is 10.5 Å². The first-order valence-corrected chi connectivity index (χ1v) is 12.4. The van der Waals surface area contributed by atoms with Gasteiger partial charge in [-0.1, -0.05) is 0 Å². The van der Waals surface area contributed by atoms with Crippen molar-refractivity contribution in [1.29, 1.82) is 0 Å². The number of rotatable bonds is 1. The molecule has 3 atom stereocenters. The molecule has 3 aliphatic heterocycles. The molecule has 0 radical (unpaired) electrons. The van der Waals surface area contributed by atoms with E-state index in [1.54, 1.807) is 16.8 Å².